The molecular formula is C9H22N2. The van der Waals surface area contributed by atoms with Gasteiger partial charge in [0.2, 0.25) is 0 Å². The third-order valence-electron chi connectivity index (χ3n) is 2.69. The van der Waals surface area contributed by atoms with Gasteiger partial charge < -0.3 is 10.6 Å². The first-order valence-electron chi connectivity index (χ1n) is 4.28. The van der Waals surface area contributed by atoms with Crippen molar-refractivity contribution in [3.63, 3.8) is 0 Å². The van der Waals surface area contributed by atoms with Crippen molar-refractivity contribution in [1.29, 1.82) is 0 Å². The van der Waals surface area contributed by atoms with Gasteiger partial charge in [-0.2, -0.15) is 0 Å². The maximum atomic E-state index is 5.53. The molecule has 0 aliphatic heterocycles. The van der Waals surface area contributed by atoms with E-state index in [4.69, 9.17) is 5.73 Å². The number of hydrogen-bond donors (Lipinski definition) is 1. The van der Waals surface area contributed by atoms with E-state index in [0.717, 1.165) is 13.0 Å². The van der Waals surface area contributed by atoms with E-state index in [9.17, 15) is 0 Å². The molecule has 11 heavy (non-hydrogen) atoms. The molecule has 0 radical (unpaired) electrons. The lowest BCUT2D eigenvalue weighted by molar-refractivity contribution is 0.143. The Labute approximate surface area is 70.8 Å². The van der Waals surface area contributed by atoms with Gasteiger partial charge in [0.05, 0.1) is 0 Å². The Balaban J connectivity index is 4.05. The predicted molar refractivity (Wildman–Crippen MR) is 50.6 cm³/mol. The minimum absolute atomic E-state index is 0.332. The fraction of sp³-hybridized carbons (Fsp3) is 1.00. The van der Waals surface area contributed by atoms with Gasteiger partial charge in [-0.25, -0.2) is 0 Å². The van der Waals surface area contributed by atoms with E-state index in [2.05, 4.69) is 39.8 Å². The molecule has 68 valence electrons. The molecule has 0 saturated carbocycles. The molecule has 2 nitrogen and oxygen atoms in total. The van der Waals surface area contributed by atoms with E-state index >= 15 is 0 Å². The molecule has 0 aliphatic carbocycles. The average Bonchev–Trinajstić information content (AvgIpc) is 1.86. The molecular weight excluding hydrogens is 136 g/mol. The first kappa shape index (κ1) is 10.9. The minimum atomic E-state index is 0.332. The molecule has 0 amide bonds. The summed E-state index contributed by atoms with van der Waals surface area (Å²) in [4.78, 5) is 2.25. The van der Waals surface area contributed by atoms with E-state index in [-0.39, 0.29) is 0 Å². The van der Waals surface area contributed by atoms with Crippen molar-refractivity contribution in [2.75, 3.05) is 20.6 Å². The largest absolute Gasteiger partial charge is 0.330 e. The van der Waals surface area contributed by atoms with Gasteiger partial charge in [-0.3, -0.25) is 0 Å². The Bertz CT molecular complexity index is 108. The topological polar surface area (TPSA) is 29.3 Å². The number of nitrogens with two attached hydrogens (primary N) is 1. The van der Waals surface area contributed by atoms with Crippen LogP contribution in [-0.4, -0.2) is 31.6 Å². The van der Waals surface area contributed by atoms with Crippen LogP contribution in [0.1, 0.15) is 27.2 Å². The van der Waals surface area contributed by atoms with Crippen molar-refractivity contribution in [1.82, 2.24) is 4.90 Å². The molecule has 0 aromatic carbocycles. The Kier molecular flexibility index (Phi) is 4.04. The smallest absolute Gasteiger partial charge is 0.0112 e. The van der Waals surface area contributed by atoms with Gasteiger partial charge in [-0.15, -0.1) is 0 Å². The predicted octanol–water partition coefficient (Wildman–Crippen LogP) is 1.31. The quantitative estimate of drug-likeness (QED) is 0.668. The minimum Gasteiger partial charge on any atom is -0.330 e. The second-order valence-corrected chi connectivity index (χ2v) is 4.17. The lowest BCUT2D eigenvalue weighted by Gasteiger charge is -2.36. The first-order chi connectivity index (χ1) is 4.91. The summed E-state index contributed by atoms with van der Waals surface area (Å²) in [6.45, 7) is 7.57. The Morgan fingerprint density at radius 3 is 2.09 bits per heavy atom. The van der Waals surface area contributed by atoms with E-state index < -0.39 is 0 Å². The molecule has 0 saturated heterocycles. The Morgan fingerprint density at radius 2 is 1.82 bits per heavy atom. The molecule has 1 atom stereocenters. The second-order valence-electron chi connectivity index (χ2n) is 4.17. The Hall–Kier alpha value is -0.0800. The lowest BCUT2D eigenvalue weighted by atomic mass is 9.81. The van der Waals surface area contributed by atoms with Crippen molar-refractivity contribution in [3.8, 4) is 0 Å². The summed E-state index contributed by atoms with van der Waals surface area (Å²) in [7, 11) is 4.23. The average molecular weight is 158 g/mol. The van der Waals surface area contributed by atoms with Crippen LogP contribution >= 0.6 is 0 Å². The van der Waals surface area contributed by atoms with Gasteiger partial charge in [-0.1, -0.05) is 13.8 Å². The van der Waals surface area contributed by atoms with E-state index in [1.807, 2.05) is 0 Å². The normalized spacial score (nSPS) is 15.5. The van der Waals surface area contributed by atoms with E-state index in [0.29, 0.717) is 11.5 Å². The van der Waals surface area contributed by atoms with Gasteiger partial charge in [0.1, 0.15) is 0 Å². The summed E-state index contributed by atoms with van der Waals surface area (Å²) in [6.07, 6.45) is 1.09. The Morgan fingerprint density at radius 1 is 1.36 bits per heavy atom. The maximum Gasteiger partial charge on any atom is 0.0112 e. The molecule has 0 fully saturated rings. The highest BCUT2D eigenvalue weighted by Gasteiger charge is 2.25. The molecule has 0 aromatic heterocycles. The molecule has 0 aliphatic rings. The number of rotatable bonds is 4. The van der Waals surface area contributed by atoms with Crippen LogP contribution in [0.4, 0.5) is 0 Å². The van der Waals surface area contributed by atoms with Gasteiger partial charge in [-0.05, 0) is 39.4 Å². The summed E-state index contributed by atoms with van der Waals surface area (Å²) < 4.78 is 0. The van der Waals surface area contributed by atoms with Crippen molar-refractivity contribution in [2.45, 2.75) is 33.2 Å². The number of hydrogen-bond acceptors (Lipinski definition) is 2. The zero-order chi connectivity index (χ0) is 9.07. The number of nitrogens with zero attached hydrogens (tertiary/aromatic N) is 1. The monoisotopic (exact) mass is 158 g/mol. The lowest BCUT2D eigenvalue weighted by Crippen LogP contribution is -2.39. The zero-order valence-electron chi connectivity index (χ0n) is 8.52. The van der Waals surface area contributed by atoms with E-state index in [1.165, 1.54) is 0 Å². The van der Waals surface area contributed by atoms with Crippen molar-refractivity contribution < 1.29 is 0 Å². The van der Waals surface area contributed by atoms with Crippen molar-refractivity contribution in [3.05, 3.63) is 0 Å². The highest BCUT2D eigenvalue weighted by Crippen LogP contribution is 2.26. The summed E-state index contributed by atoms with van der Waals surface area (Å²) in [5, 5.41) is 0. The molecule has 0 rings (SSSR count). The van der Waals surface area contributed by atoms with Crippen molar-refractivity contribution in [2.24, 2.45) is 11.1 Å². The second kappa shape index (κ2) is 4.07. The summed E-state index contributed by atoms with van der Waals surface area (Å²) in [6, 6.07) is 0.589. The maximum absolute atomic E-state index is 5.53. The first-order valence-corrected chi connectivity index (χ1v) is 4.28. The summed E-state index contributed by atoms with van der Waals surface area (Å²) >= 11 is 0. The van der Waals surface area contributed by atoms with Crippen LogP contribution in [0.2, 0.25) is 0 Å². The van der Waals surface area contributed by atoms with Gasteiger partial charge in [0.15, 0.2) is 0 Å². The van der Waals surface area contributed by atoms with Crippen LogP contribution < -0.4 is 5.73 Å². The zero-order valence-corrected chi connectivity index (χ0v) is 8.52. The SMILES string of the molecule is CC(N(C)C)C(C)(C)CCN. The highest BCUT2D eigenvalue weighted by atomic mass is 15.1. The third-order valence-corrected chi connectivity index (χ3v) is 2.69. The van der Waals surface area contributed by atoms with Gasteiger partial charge >= 0.3 is 0 Å². The van der Waals surface area contributed by atoms with Crippen LogP contribution in [0.3, 0.4) is 0 Å². The van der Waals surface area contributed by atoms with Crippen LogP contribution in [0.25, 0.3) is 0 Å². The van der Waals surface area contributed by atoms with Crippen molar-refractivity contribution >= 4 is 0 Å². The van der Waals surface area contributed by atoms with Gasteiger partial charge in [0, 0.05) is 6.04 Å². The summed E-state index contributed by atoms with van der Waals surface area (Å²) in [5.41, 5.74) is 5.87. The van der Waals surface area contributed by atoms with Crippen LogP contribution in [0.5, 0.6) is 0 Å². The van der Waals surface area contributed by atoms with Crippen LogP contribution in [-0.2, 0) is 0 Å². The molecule has 0 spiro atoms. The fourth-order valence-corrected chi connectivity index (χ4v) is 1.28. The summed E-state index contributed by atoms with van der Waals surface area (Å²) in [5.74, 6) is 0. The molecule has 2 heteroatoms. The van der Waals surface area contributed by atoms with Crippen LogP contribution in [0, 0.1) is 5.41 Å². The molecule has 0 aromatic rings. The molecule has 1 unspecified atom stereocenters. The van der Waals surface area contributed by atoms with Crippen LogP contribution in [0.15, 0.2) is 0 Å². The third kappa shape index (κ3) is 3.21. The highest BCUT2D eigenvalue weighted by molar-refractivity contribution is 4.80. The fourth-order valence-electron chi connectivity index (χ4n) is 1.28. The molecule has 0 heterocycles. The molecule has 0 bridgehead atoms. The molecule has 2 N–H and O–H groups in total. The van der Waals surface area contributed by atoms with Gasteiger partial charge in [0.25, 0.3) is 0 Å². The standard InChI is InChI=1S/C9H22N2/c1-8(11(4)5)9(2,3)6-7-10/h8H,6-7,10H2,1-5H3. The van der Waals surface area contributed by atoms with E-state index in [1.54, 1.807) is 0 Å².